The summed E-state index contributed by atoms with van der Waals surface area (Å²) in [5, 5.41) is 11.5. The van der Waals surface area contributed by atoms with E-state index in [0.717, 1.165) is 36.2 Å². The summed E-state index contributed by atoms with van der Waals surface area (Å²) >= 11 is 0. The van der Waals surface area contributed by atoms with Gasteiger partial charge in [-0.2, -0.15) is 5.10 Å². The second-order valence-electron chi connectivity index (χ2n) is 6.09. The van der Waals surface area contributed by atoms with E-state index >= 15 is 0 Å². The number of nitrogens with one attached hydrogen (secondary N) is 2. The maximum absolute atomic E-state index is 12.0. The standard InChI is InChI=1S/C19H24N6O/c1-2-10-21-18-16-13-24-25(19(16)23-14-22-18)12-11-20-17(26)9-8-15-6-4-3-5-7-15/h3-7,13-14H,2,8-12H2,1H3,(H,20,26)(H,21,22,23). The molecule has 0 aliphatic carbocycles. The first kappa shape index (κ1) is 17.8. The second kappa shape index (κ2) is 8.94. The molecule has 0 saturated carbocycles. The van der Waals surface area contributed by atoms with Crippen molar-refractivity contribution in [1.82, 2.24) is 25.1 Å². The molecule has 1 aromatic carbocycles. The third kappa shape index (κ3) is 4.56. The van der Waals surface area contributed by atoms with Gasteiger partial charge in [0, 0.05) is 19.5 Å². The van der Waals surface area contributed by atoms with Crippen molar-refractivity contribution in [3.8, 4) is 0 Å². The Morgan fingerprint density at radius 1 is 1.15 bits per heavy atom. The van der Waals surface area contributed by atoms with Crippen LogP contribution in [0.3, 0.4) is 0 Å². The third-order valence-electron chi connectivity index (χ3n) is 4.11. The third-order valence-corrected chi connectivity index (χ3v) is 4.11. The second-order valence-corrected chi connectivity index (χ2v) is 6.09. The van der Waals surface area contributed by atoms with Gasteiger partial charge in [0.25, 0.3) is 0 Å². The van der Waals surface area contributed by atoms with Crippen molar-refractivity contribution in [2.75, 3.05) is 18.4 Å². The van der Waals surface area contributed by atoms with Crippen molar-refractivity contribution in [2.45, 2.75) is 32.7 Å². The first-order valence-corrected chi connectivity index (χ1v) is 8.99. The highest BCUT2D eigenvalue weighted by Crippen LogP contribution is 2.18. The number of anilines is 1. The van der Waals surface area contributed by atoms with Gasteiger partial charge in [0.1, 0.15) is 12.1 Å². The SMILES string of the molecule is CCCNc1ncnc2c1cnn2CCNC(=O)CCc1ccccc1. The van der Waals surface area contributed by atoms with Gasteiger partial charge < -0.3 is 10.6 Å². The van der Waals surface area contributed by atoms with Gasteiger partial charge in [-0.1, -0.05) is 37.3 Å². The molecule has 136 valence electrons. The molecule has 7 heteroatoms. The van der Waals surface area contributed by atoms with Gasteiger partial charge in [0.05, 0.1) is 18.1 Å². The number of rotatable bonds is 9. The largest absolute Gasteiger partial charge is 0.369 e. The van der Waals surface area contributed by atoms with Crippen LogP contribution in [0.25, 0.3) is 11.0 Å². The summed E-state index contributed by atoms with van der Waals surface area (Å²) in [5.41, 5.74) is 1.95. The molecule has 0 aliphatic heterocycles. The van der Waals surface area contributed by atoms with Crippen molar-refractivity contribution in [3.63, 3.8) is 0 Å². The van der Waals surface area contributed by atoms with Crippen LogP contribution in [0.2, 0.25) is 0 Å². The first-order valence-electron chi connectivity index (χ1n) is 8.99. The summed E-state index contributed by atoms with van der Waals surface area (Å²) in [6, 6.07) is 10.0. The molecule has 1 amide bonds. The van der Waals surface area contributed by atoms with E-state index in [-0.39, 0.29) is 5.91 Å². The summed E-state index contributed by atoms with van der Waals surface area (Å²) < 4.78 is 1.80. The van der Waals surface area contributed by atoms with Crippen molar-refractivity contribution in [1.29, 1.82) is 0 Å². The van der Waals surface area contributed by atoms with E-state index in [2.05, 4.69) is 32.6 Å². The molecule has 3 aromatic rings. The molecule has 0 fully saturated rings. The Morgan fingerprint density at radius 3 is 2.81 bits per heavy atom. The Bertz CT molecular complexity index is 846. The number of amides is 1. The summed E-state index contributed by atoms with van der Waals surface area (Å²) in [7, 11) is 0. The molecular formula is C19H24N6O. The number of carbonyl (C=O) groups excluding carboxylic acids is 1. The van der Waals surface area contributed by atoms with E-state index in [1.165, 1.54) is 11.9 Å². The molecule has 26 heavy (non-hydrogen) atoms. The fourth-order valence-corrected chi connectivity index (χ4v) is 2.73. The topological polar surface area (TPSA) is 84.7 Å². The van der Waals surface area contributed by atoms with Crippen LogP contribution >= 0.6 is 0 Å². The molecule has 7 nitrogen and oxygen atoms in total. The zero-order valence-corrected chi connectivity index (χ0v) is 15.0. The molecule has 0 unspecified atom stereocenters. The van der Waals surface area contributed by atoms with Crippen LogP contribution in [0.15, 0.2) is 42.9 Å². The average molecular weight is 352 g/mol. The van der Waals surface area contributed by atoms with Gasteiger partial charge in [-0.3, -0.25) is 4.79 Å². The molecule has 0 saturated heterocycles. The number of carbonyl (C=O) groups is 1. The maximum Gasteiger partial charge on any atom is 0.220 e. The normalized spacial score (nSPS) is 10.8. The Kier molecular flexibility index (Phi) is 6.14. The molecule has 0 bridgehead atoms. The summed E-state index contributed by atoms with van der Waals surface area (Å²) in [4.78, 5) is 20.6. The Morgan fingerprint density at radius 2 is 2.00 bits per heavy atom. The quantitative estimate of drug-likeness (QED) is 0.618. The van der Waals surface area contributed by atoms with E-state index in [1.54, 1.807) is 10.9 Å². The molecule has 2 aromatic heterocycles. The van der Waals surface area contributed by atoms with Gasteiger partial charge in [0.2, 0.25) is 5.91 Å². The molecule has 2 N–H and O–H groups in total. The number of benzene rings is 1. The number of hydrogen-bond donors (Lipinski definition) is 2. The number of fused-ring (bicyclic) bond motifs is 1. The Hall–Kier alpha value is -2.96. The number of nitrogens with zero attached hydrogens (tertiary/aromatic N) is 4. The van der Waals surface area contributed by atoms with Crippen molar-refractivity contribution in [2.24, 2.45) is 0 Å². The predicted molar refractivity (Wildman–Crippen MR) is 102 cm³/mol. The van der Waals surface area contributed by atoms with Crippen LogP contribution < -0.4 is 10.6 Å². The average Bonchev–Trinajstić information content (AvgIpc) is 3.09. The van der Waals surface area contributed by atoms with Crippen molar-refractivity contribution in [3.05, 3.63) is 48.4 Å². The van der Waals surface area contributed by atoms with E-state index in [1.807, 2.05) is 30.3 Å². The number of aromatic nitrogens is 4. The van der Waals surface area contributed by atoms with Crippen LogP contribution in [0.4, 0.5) is 5.82 Å². The molecule has 0 atom stereocenters. The van der Waals surface area contributed by atoms with Crippen molar-refractivity contribution >= 4 is 22.8 Å². The zero-order valence-electron chi connectivity index (χ0n) is 15.0. The Balaban J connectivity index is 1.51. The first-order chi connectivity index (χ1) is 12.8. The van der Waals surface area contributed by atoms with E-state index in [4.69, 9.17) is 0 Å². The van der Waals surface area contributed by atoms with Crippen LogP contribution in [0, 0.1) is 0 Å². The molecule has 0 radical (unpaired) electrons. The van der Waals surface area contributed by atoms with Crippen LogP contribution in [-0.2, 0) is 17.8 Å². The molecular weight excluding hydrogens is 328 g/mol. The minimum Gasteiger partial charge on any atom is -0.369 e. The van der Waals surface area contributed by atoms with Crippen LogP contribution in [0.1, 0.15) is 25.3 Å². The number of hydrogen-bond acceptors (Lipinski definition) is 5. The highest BCUT2D eigenvalue weighted by atomic mass is 16.1. The van der Waals surface area contributed by atoms with Gasteiger partial charge in [-0.05, 0) is 18.4 Å². The number of aryl methyl sites for hydroxylation is 1. The van der Waals surface area contributed by atoms with Gasteiger partial charge in [-0.15, -0.1) is 0 Å². The lowest BCUT2D eigenvalue weighted by atomic mass is 10.1. The lowest BCUT2D eigenvalue weighted by Crippen LogP contribution is -2.27. The fourth-order valence-electron chi connectivity index (χ4n) is 2.73. The monoisotopic (exact) mass is 352 g/mol. The van der Waals surface area contributed by atoms with E-state index < -0.39 is 0 Å². The zero-order chi connectivity index (χ0) is 18.2. The van der Waals surface area contributed by atoms with E-state index in [9.17, 15) is 4.79 Å². The molecule has 3 rings (SSSR count). The Labute approximate surface area is 152 Å². The highest BCUT2D eigenvalue weighted by molar-refractivity contribution is 5.86. The molecule has 0 spiro atoms. The minimum atomic E-state index is 0.0465. The fraction of sp³-hybridized carbons (Fsp3) is 0.368. The van der Waals surface area contributed by atoms with E-state index in [0.29, 0.717) is 19.5 Å². The minimum absolute atomic E-state index is 0.0465. The van der Waals surface area contributed by atoms with Gasteiger partial charge in [-0.25, -0.2) is 14.6 Å². The maximum atomic E-state index is 12.0. The van der Waals surface area contributed by atoms with Crippen LogP contribution in [-0.4, -0.2) is 38.7 Å². The lowest BCUT2D eigenvalue weighted by molar-refractivity contribution is -0.121. The van der Waals surface area contributed by atoms with Gasteiger partial charge >= 0.3 is 0 Å². The summed E-state index contributed by atoms with van der Waals surface area (Å²) in [6.45, 7) is 4.06. The molecule has 0 aliphatic rings. The summed E-state index contributed by atoms with van der Waals surface area (Å²) in [6.07, 6.45) is 5.56. The lowest BCUT2D eigenvalue weighted by Gasteiger charge is -2.07. The van der Waals surface area contributed by atoms with Crippen LogP contribution in [0.5, 0.6) is 0 Å². The van der Waals surface area contributed by atoms with Crippen molar-refractivity contribution < 1.29 is 4.79 Å². The summed E-state index contributed by atoms with van der Waals surface area (Å²) in [5.74, 6) is 0.847. The molecule has 2 heterocycles. The smallest absolute Gasteiger partial charge is 0.220 e. The predicted octanol–water partition coefficient (Wildman–Crippen LogP) is 2.40. The van der Waals surface area contributed by atoms with Gasteiger partial charge in [0.15, 0.2) is 5.65 Å². The highest BCUT2D eigenvalue weighted by Gasteiger charge is 2.09.